The lowest BCUT2D eigenvalue weighted by atomic mass is 10.2. The van der Waals surface area contributed by atoms with Gasteiger partial charge in [-0.15, -0.1) is 0 Å². The number of anilines is 3. The lowest BCUT2D eigenvalue weighted by Gasteiger charge is -2.19. The zero-order valence-electron chi connectivity index (χ0n) is 15.8. The Kier molecular flexibility index (Phi) is 5.95. The van der Waals surface area contributed by atoms with E-state index in [1.54, 1.807) is 12.1 Å². The first-order valence-corrected chi connectivity index (χ1v) is 9.28. The summed E-state index contributed by atoms with van der Waals surface area (Å²) >= 11 is 6.15. The minimum absolute atomic E-state index is 0.194. The molecule has 0 saturated carbocycles. The van der Waals surface area contributed by atoms with E-state index < -0.39 is 0 Å². The predicted octanol–water partition coefficient (Wildman–Crippen LogP) is 2.82. The summed E-state index contributed by atoms with van der Waals surface area (Å²) < 4.78 is 0. The van der Waals surface area contributed by atoms with E-state index in [1.807, 2.05) is 32.0 Å². The molecule has 1 fully saturated rings. The summed E-state index contributed by atoms with van der Waals surface area (Å²) in [6.07, 6.45) is 2.27. The van der Waals surface area contributed by atoms with E-state index in [2.05, 4.69) is 30.5 Å². The molecule has 0 atom stereocenters. The van der Waals surface area contributed by atoms with Crippen LogP contribution >= 0.6 is 11.6 Å². The highest BCUT2D eigenvalue weighted by Gasteiger charge is 2.18. The maximum Gasteiger partial charge on any atom is 0.319 e. The Morgan fingerprint density at radius 1 is 1.22 bits per heavy atom. The second kappa shape index (κ2) is 8.39. The van der Waals surface area contributed by atoms with Gasteiger partial charge in [0.05, 0.1) is 17.3 Å². The predicted molar refractivity (Wildman–Crippen MR) is 108 cm³/mol. The summed E-state index contributed by atoms with van der Waals surface area (Å²) in [6, 6.07) is 5.10. The molecular formula is C18H24ClN7O. The number of carbonyl (C=O) groups is 1. The lowest BCUT2D eigenvalue weighted by Crippen LogP contribution is -2.30. The summed E-state index contributed by atoms with van der Waals surface area (Å²) in [7, 11) is 3.76. The number of amides is 2. The first kappa shape index (κ1) is 19.2. The van der Waals surface area contributed by atoms with Crippen molar-refractivity contribution in [1.82, 2.24) is 20.3 Å². The van der Waals surface area contributed by atoms with Crippen molar-refractivity contribution in [3.8, 4) is 0 Å². The summed E-state index contributed by atoms with van der Waals surface area (Å²) in [5.74, 6) is 1.75. The molecule has 9 heteroatoms. The van der Waals surface area contributed by atoms with E-state index in [1.165, 1.54) is 0 Å². The fraction of sp³-hybridized carbons (Fsp3) is 0.444. The largest absolute Gasteiger partial charge is 0.347 e. The molecule has 0 spiro atoms. The van der Waals surface area contributed by atoms with E-state index in [-0.39, 0.29) is 12.6 Å². The molecule has 0 bridgehead atoms. The summed E-state index contributed by atoms with van der Waals surface area (Å²) in [6.45, 7) is 4.02. The van der Waals surface area contributed by atoms with Crippen molar-refractivity contribution < 1.29 is 4.79 Å². The number of hydrogen-bond donors (Lipinski definition) is 2. The van der Waals surface area contributed by atoms with Gasteiger partial charge in [0.2, 0.25) is 11.9 Å². The monoisotopic (exact) mass is 389 g/mol. The number of aromatic nitrogens is 3. The molecule has 1 aromatic carbocycles. The van der Waals surface area contributed by atoms with Gasteiger partial charge < -0.3 is 20.4 Å². The number of rotatable bonds is 5. The van der Waals surface area contributed by atoms with E-state index in [4.69, 9.17) is 11.6 Å². The van der Waals surface area contributed by atoms with Crippen molar-refractivity contribution in [2.24, 2.45) is 0 Å². The first-order chi connectivity index (χ1) is 12.9. The van der Waals surface area contributed by atoms with Crippen molar-refractivity contribution in [2.45, 2.75) is 26.3 Å². The molecule has 8 nitrogen and oxygen atoms in total. The van der Waals surface area contributed by atoms with Crippen LogP contribution in [-0.4, -0.2) is 48.2 Å². The van der Waals surface area contributed by atoms with Crippen molar-refractivity contribution >= 4 is 35.2 Å². The van der Waals surface area contributed by atoms with Gasteiger partial charge in [-0.1, -0.05) is 17.7 Å². The smallest absolute Gasteiger partial charge is 0.319 e. The second-order valence-electron chi connectivity index (χ2n) is 6.73. The van der Waals surface area contributed by atoms with Crippen molar-refractivity contribution in [3.05, 3.63) is 34.6 Å². The van der Waals surface area contributed by atoms with Crippen LogP contribution in [0, 0.1) is 6.92 Å². The van der Waals surface area contributed by atoms with Gasteiger partial charge in [-0.3, -0.25) is 0 Å². The van der Waals surface area contributed by atoms with Gasteiger partial charge >= 0.3 is 6.03 Å². The molecule has 0 aliphatic carbocycles. The van der Waals surface area contributed by atoms with Crippen molar-refractivity contribution in [2.75, 3.05) is 42.3 Å². The Morgan fingerprint density at radius 2 is 1.96 bits per heavy atom. The molecule has 27 heavy (non-hydrogen) atoms. The van der Waals surface area contributed by atoms with Crippen LogP contribution < -0.4 is 20.4 Å². The van der Waals surface area contributed by atoms with E-state index in [0.717, 1.165) is 31.5 Å². The third-order valence-corrected chi connectivity index (χ3v) is 4.54. The minimum Gasteiger partial charge on any atom is -0.347 e. The first-order valence-electron chi connectivity index (χ1n) is 8.90. The highest BCUT2D eigenvalue weighted by molar-refractivity contribution is 6.33. The fourth-order valence-corrected chi connectivity index (χ4v) is 3.06. The Hall–Kier alpha value is -2.61. The number of nitrogens with one attached hydrogen (secondary N) is 2. The standard InChI is InChI=1S/C18H24ClN7O/c1-12-6-7-14(13(19)10-12)21-18(27)20-11-15-22-16(25(2)3)24-17(23-15)26-8-4-5-9-26/h6-7,10H,4-5,8-9,11H2,1-3H3,(H2,20,21,27). The van der Waals surface area contributed by atoms with E-state index in [9.17, 15) is 4.79 Å². The van der Waals surface area contributed by atoms with Crippen molar-refractivity contribution in [3.63, 3.8) is 0 Å². The molecule has 2 amide bonds. The topological polar surface area (TPSA) is 86.3 Å². The Balaban J connectivity index is 1.68. The number of urea groups is 1. The van der Waals surface area contributed by atoms with Crippen LogP contribution in [0.15, 0.2) is 18.2 Å². The molecule has 1 aliphatic rings. The molecule has 144 valence electrons. The third-order valence-electron chi connectivity index (χ3n) is 4.23. The number of halogens is 1. The average Bonchev–Trinajstić information content (AvgIpc) is 3.17. The SMILES string of the molecule is Cc1ccc(NC(=O)NCc2nc(N(C)C)nc(N3CCCC3)n2)c(Cl)c1. The van der Waals surface area contributed by atoms with E-state index in [0.29, 0.717) is 28.4 Å². The molecule has 0 unspecified atom stereocenters. The molecule has 1 aliphatic heterocycles. The van der Waals surface area contributed by atoms with Gasteiger partial charge in [-0.25, -0.2) is 4.79 Å². The molecular weight excluding hydrogens is 366 g/mol. The van der Waals surface area contributed by atoms with Gasteiger partial charge in [0.15, 0.2) is 5.82 Å². The van der Waals surface area contributed by atoms with Gasteiger partial charge in [0, 0.05) is 27.2 Å². The molecule has 2 heterocycles. The Morgan fingerprint density at radius 3 is 2.63 bits per heavy atom. The van der Waals surface area contributed by atoms with Crippen LogP contribution in [-0.2, 0) is 6.54 Å². The van der Waals surface area contributed by atoms with Crippen LogP contribution in [0.2, 0.25) is 5.02 Å². The third kappa shape index (κ3) is 4.97. The Bertz CT molecular complexity index is 821. The molecule has 2 N–H and O–H groups in total. The number of hydrogen-bond acceptors (Lipinski definition) is 6. The van der Waals surface area contributed by atoms with Crippen LogP contribution in [0.3, 0.4) is 0 Å². The minimum atomic E-state index is -0.365. The van der Waals surface area contributed by atoms with Gasteiger partial charge in [0.25, 0.3) is 0 Å². The Labute approximate surface area is 164 Å². The number of carbonyl (C=O) groups excluding carboxylic acids is 1. The summed E-state index contributed by atoms with van der Waals surface area (Å²) in [5, 5.41) is 6.01. The number of benzene rings is 1. The number of nitrogens with zero attached hydrogens (tertiary/aromatic N) is 5. The van der Waals surface area contributed by atoms with Gasteiger partial charge in [0.1, 0.15) is 0 Å². The van der Waals surface area contributed by atoms with Crippen LogP contribution in [0.25, 0.3) is 0 Å². The van der Waals surface area contributed by atoms with Gasteiger partial charge in [-0.05, 0) is 37.5 Å². The molecule has 2 aromatic rings. The highest BCUT2D eigenvalue weighted by Crippen LogP contribution is 2.22. The van der Waals surface area contributed by atoms with Crippen LogP contribution in [0.4, 0.5) is 22.4 Å². The normalized spacial score (nSPS) is 13.6. The quantitative estimate of drug-likeness (QED) is 0.817. The average molecular weight is 390 g/mol. The lowest BCUT2D eigenvalue weighted by molar-refractivity contribution is 0.251. The molecule has 1 saturated heterocycles. The number of aryl methyl sites for hydroxylation is 1. The van der Waals surface area contributed by atoms with E-state index >= 15 is 0 Å². The summed E-state index contributed by atoms with van der Waals surface area (Å²) in [4.78, 5) is 29.6. The second-order valence-corrected chi connectivity index (χ2v) is 7.14. The molecule has 0 radical (unpaired) electrons. The maximum absolute atomic E-state index is 12.2. The fourth-order valence-electron chi connectivity index (χ4n) is 2.78. The molecule has 1 aromatic heterocycles. The van der Waals surface area contributed by atoms with Crippen LogP contribution in [0.5, 0.6) is 0 Å². The highest BCUT2D eigenvalue weighted by atomic mass is 35.5. The molecule has 3 rings (SSSR count). The maximum atomic E-state index is 12.2. The van der Waals surface area contributed by atoms with Crippen LogP contribution in [0.1, 0.15) is 24.2 Å². The zero-order chi connectivity index (χ0) is 19.4. The zero-order valence-corrected chi connectivity index (χ0v) is 16.5. The van der Waals surface area contributed by atoms with Crippen molar-refractivity contribution in [1.29, 1.82) is 0 Å². The van der Waals surface area contributed by atoms with Gasteiger partial charge in [-0.2, -0.15) is 15.0 Å². The summed E-state index contributed by atoms with van der Waals surface area (Å²) in [5.41, 5.74) is 1.59.